The fourth-order valence-electron chi connectivity index (χ4n) is 3.34. The zero-order chi connectivity index (χ0) is 19.0. The SMILES string of the molecule is COc1ccc2c(-c3ccc(=O)n(C(C)C)c3)c(-c3ccccc3)oc2c1. The van der Waals surface area contributed by atoms with Crippen molar-refractivity contribution in [2.75, 3.05) is 7.11 Å². The van der Waals surface area contributed by atoms with Crippen LogP contribution < -0.4 is 10.3 Å². The number of hydrogen-bond acceptors (Lipinski definition) is 3. The molecule has 0 saturated carbocycles. The van der Waals surface area contributed by atoms with Gasteiger partial charge in [-0.3, -0.25) is 4.79 Å². The minimum absolute atomic E-state index is 0.00974. The van der Waals surface area contributed by atoms with E-state index < -0.39 is 0 Å². The highest BCUT2D eigenvalue weighted by atomic mass is 16.5. The lowest BCUT2D eigenvalue weighted by Gasteiger charge is -2.12. The average Bonchev–Trinajstić information content (AvgIpc) is 3.07. The standard InChI is InChI=1S/C23H21NO3/c1-15(2)24-14-17(9-12-21(24)25)22-19-11-10-18(26-3)13-20(19)27-23(22)16-7-5-4-6-8-16/h4-15H,1-3H3. The Morgan fingerprint density at radius 2 is 1.74 bits per heavy atom. The van der Waals surface area contributed by atoms with Gasteiger partial charge in [0.2, 0.25) is 0 Å². The van der Waals surface area contributed by atoms with E-state index in [2.05, 4.69) is 0 Å². The maximum atomic E-state index is 12.2. The Bertz CT molecular complexity index is 1150. The predicted molar refractivity (Wildman–Crippen MR) is 108 cm³/mol. The smallest absolute Gasteiger partial charge is 0.250 e. The molecule has 0 fully saturated rings. The fraction of sp³-hybridized carbons (Fsp3) is 0.174. The second kappa shape index (κ2) is 6.80. The monoisotopic (exact) mass is 359 g/mol. The van der Waals surface area contributed by atoms with E-state index in [9.17, 15) is 4.79 Å². The number of rotatable bonds is 4. The molecule has 0 unspecified atom stereocenters. The van der Waals surface area contributed by atoms with Crippen molar-refractivity contribution < 1.29 is 9.15 Å². The van der Waals surface area contributed by atoms with Crippen molar-refractivity contribution in [3.8, 4) is 28.2 Å². The first kappa shape index (κ1) is 17.2. The Balaban J connectivity index is 2.04. The van der Waals surface area contributed by atoms with Crippen LogP contribution >= 0.6 is 0 Å². The molecule has 0 saturated heterocycles. The van der Waals surface area contributed by atoms with Crippen LogP contribution in [0.1, 0.15) is 19.9 Å². The molecule has 0 N–H and O–H groups in total. The molecule has 0 bridgehead atoms. The van der Waals surface area contributed by atoms with Crippen molar-refractivity contribution in [1.82, 2.24) is 4.57 Å². The van der Waals surface area contributed by atoms with Crippen LogP contribution in [-0.4, -0.2) is 11.7 Å². The average molecular weight is 359 g/mol. The summed E-state index contributed by atoms with van der Waals surface area (Å²) in [5.41, 5.74) is 3.67. The quantitative estimate of drug-likeness (QED) is 0.482. The molecule has 0 amide bonds. The molecule has 4 heteroatoms. The number of nitrogens with zero attached hydrogens (tertiary/aromatic N) is 1. The summed E-state index contributed by atoms with van der Waals surface area (Å²) in [6, 6.07) is 19.4. The predicted octanol–water partition coefficient (Wildman–Crippen LogP) is 5.52. The first-order chi connectivity index (χ1) is 13.1. The normalized spacial score (nSPS) is 11.3. The highest BCUT2D eigenvalue weighted by Crippen LogP contribution is 2.41. The Labute approximate surface area is 157 Å². The van der Waals surface area contributed by atoms with Gasteiger partial charge in [-0.1, -0.05) is 30.3 Å². The van der Waals surface area contributed by atoms with Crippen LogP contribution in [-0.2, 0) is 0 Å². The maximum absolute atomic E-state index is 12.2. The molecule has 0 aliphatic heterocycles. The molecule has 0 aliphatic rings. The van der Waals surface area contributed by atoms with Gasteiger partial charge in [0, 0.05) is 46.4 Å². The summed E-state index contributed by atoms with van der Waals surface area (Å²) in [5, 5.41) is 0.989. The third kappa shape index (κ3) is 3.04. The Hall–Kier alpha value is -3.27. The number of pyridine rings is 1. The molecule has 2 aromatic carbocycles. The van der Waals surface area contributed by atoms with E-state index >= 15 is 0 Å². The van der Waals surface area contributed by atoms with Crippen molar-refractivity contribution in [1.29, 1.82) is 0 Å². The van der Waals surface area contributed by atoms with Crippen LogP contribution in [0.15, 0.2) is 76.1 Å². The van der Waals surface area contributed by atoms with Gasteiger partial charge in [0.05, 0.1) is 7.11 Å². The summed E-state index contributed by atoms with van der Waals surface area (Å²) in [4.78, 5) is 12.2. The zero-order valence-electron chi connectivity index (χ0n) is 15.6. The van der Waals surface area contributed by atoms with Gasteiger partial charge in [0.15, 0.2) is 0 Å². The lowest BCUT2D eigenvalue weighted by atomic mass is 9.99. The largest absolute Gasteiger partial charge is 0.497 e. The van der Waals surface area contributed by atoms with Crippen LogP contribution in [0.25, 0.3) is 33.4 Å². The molecular weight excluding hydrogens is 338 g/mol. The van der Waals surface area contributed by atoms with Gasteiger partial charge in [-0.25, -0.2) is 0 Å². The molecule has 0 aliphatic carbocycles. The molecule has 4 rings (SSSR count). The van der Waals surface area contributed by atoms with Gasteiger partial charge in [-0.05, 0) is 32.0 Å². The molecular formula is C23H21NO3. The Morgan fingerprint density at radius 3 is 2.44 bits per heavy atom. The number of benzene rings is 2. The van der Waals surface area contributed by atoms with E-state index in [-0.39, 0.29) is 11.6 Å². The summed E-state index contributed by atoms with van der Waals surface area (Å²) >= 11 is 0. The van der Waals surface area contributed by atoms with E-state index in [1.165, 1.54) is 0 Å². The zero-order valence-corrected chi connectivity index (χ0v) is 15.6. The van der Waals surface area contributed by atoms with Crippen LogP contribution in [0.2, 0.25) is 0 Å². The fourth-order valence-corrected chi connectivity index (χ4v) is 3.34. The van der Waals surface area contributed by atoms with Crippen LogP contribution in [0.4, 0.5) is 0 Å². The lowest BCUT2D eigenvalue weighted by molar-refractivity contribution is 0.414. The molecule has 0 spiro atoms. The topological polar surface area (TPSA) is 44.4 Å². The van der Waals surface area contributed by atoms with E-state index in [1.54, 1.807) is 17.7 Å². The van der Waals surface area contributed by atoms with Crippen molar-refractivity contribution in [2.24, 2.45) is 0 Å². The van der Waals surface area contributed by atoms with E-state index in [0.717, 1.165) is 39.2 Å². The summed E-state index contributed by atoms with van der Waals surface area (Å²) in [6.07, 6.45) is 1.91. The Morgan fingerprint density at radius 1 is 0.963 bits per heavy atom. The van der Waals surface area contributed by atoms with Crippen LogP contribution in [0, 0.1) is 0 Å². The lowest BCUT2D eigenvalue weighted by Crippen LogP contribution is -2.20. The number of hydrogen-bond donors (Lipinski definition) is 0. The molecule has 0 atom stereocenters. The van der Waals surface area contributed by atoms with E-state index in [4.69, 9.17) is 9.15 Å². The highest BCUT2D eigenvalue weighted by molar-refractivity contribution is 6.02. The van der Waals surface area contributed by atoms with E-state index in [1.807, 2.05) is 74.6 Å². The summed E-state index contributed by atoms with van der Waals surface area (Å²) in [5.74, 6) is 1.53. The third-order valence-electron chi connectivity index (χ3n) is 4.72. The minimum atomic E-state index is -0.00974. The van der Waals surface area contributed by atoms with Crippen molar-refractivity contribution in [2.45, 2.75) is 19.9 Å². The van der Waals surface area contributed by atoms with Gasteiger partial charge in [0.25, 0.3) is 5.56 Å². The molecule has 4 aromatic rings. The number of ether oxygens (including phenoxy) is 1. The summed E-state index contributed by atoms with van der Waals surface area (Å²) in [6.45, 7) is 4.00. The highest BCUT2D eigenvalue weighted by Gasteiger charge is 2.19. The van der Waals surface area contributed by atoms with Gasteiger partial charge in [-0.15, -0.1) is 0 Å². The van der Waals surface area contributed by atoms with Crippen LogP contribution in [0.3, 0.4) is 0 Å². The first-order valence-corrected chi connectivity index (χ1v) is 8.97. The summed E-state index contributed by atoms with van der Waals surface area (Å²) in [7, 11) is 1.64. The number of aromatic nitrogens is 1. The van der Waals surface area contributed by atoms with Gasteiger partial charge in [0.1, 0.15) is 17.1 Å². The maximum Gasteiger partial charge on any atom is 0.250 e. The van der Waals surface area contributed by atoms with Gasteiger partial charge >= 0.3 is 0 Å². The molecule has 136 valence electrons. The molecule has 2 aromatic heterocycles. The number of furan rings is 1. The molecule has 0 radical (unpaired) electrons. The van der Waals surface area contributed by atoms with E-state index in [0.29, 0.717) is 0 Å². The Kier molecular flexibility index (Phi) is 4.32. The second-order valence-corrected chi connectivity index (χ2v) is 6.79. The summed E-state index contributed by atoms with van der Waals surface area (Å²) < 4.78 is 13.3. The van der Waals surface area contributed by atoms with Crippen LogP contribution in [0.5, 0.6) is 5.75 Å². The molecule has 27 heavy (non-hydrogen) atoms. The second-order valence-electron chi connectivity index (χ2n) is 6.79. The third-order valence-corrected chi connectivity index (χ3v) is 4.72. The van der Waals surface area contributed by atoms with Gasteiger partial charge < -0.3 is 13.7 Å². The number of methoxy groups -OCH3 is 1. The molecule has 4 nitrogen and oxygen atoms in total. The van der Waals surface area contributed by atoms with Gasteiger partial charge in [-0.2, -0.15) is 0 Å². The van der Waals surface area contributed by atoms with Crippen molar-refractivity contribution >= 4 is 11.0 Å². The van der Waals surface area contributed by atoms with Crippen molar-refractivity contribution in [3.63, 3.8) is 0 Å². The first-order valence-electron chi connectivity index (χ1n) is 8.97. The molecule has 2 heterocycles. The van der Waals surface area contributed by atoms with Crippen molar-refractivity contribution in [3.05, 3.63) is 77.2 Å². The number of fused-ring (bicyclic) bond motifs is 1. The minimum Gasteiger partial charge on any atom is -0.497 e.